The van der Waals surface area contributed by atoms with Gasteiger partial charge in [-0.2, -0.15) is 0 Å². The largest absolute Gasteiger partial charge is 0.383 e. The number of nitrogens with one attached hydrogen (secondary N) is 3. The number of methoxy groups -OCH3 is 1. The molecule has 0 heterocycles. The number of hydrazine groups is 1. The second-order valence-electron chi connectivity index (χ2n) is 5.01. The van der Waals surface area contributed by atoms with Gasteiger partial charge in [0.15, 0.2) is 0 Å². The van der Waals surface area contributed by atoms with Crippen LogP contribution in [0.15, 0.2) is 18.2 Å². The van der Waals surface area contributed by atoms with Crippen molar-refractivity contribution in [3.8, 4) is 0 Å². The standard InChI is InChI=1S/C14H20N4O5/c1-9(2)13(19)16-17-14(20)10-4-5-11(15-6-7-23-3)12(8-10)18(21)22/h4-5,8-9,15H,6-7H2,1-3H3,(H,16,19)(H,17,20). The fraction of sp³-hybridized carbons (Fsp3) is 0.429. The van der Waals surface area contributed by atoms with Gasteiger partial charge in [-0.05, 0) is 12.1 Å². The van der Waals surface area contributed by atoms with Gasteiger partial charge in [0.25, 0.3) is 11.6 Å². The lowest BCUT2D eigenvalue weighted by Gasteiger charge is -2.10. The topological polar surface area (TPSA) is 123 Å². The van der Waals surface area contributed by atoms with Crippen molar-refractivity contribution < 1.29 is 19.2 Å². The van der Waals surface area contributed by atoms with Crippen LogP contribution in [-0.2, 0) is 9.53 Å². The Morgan fingerprint density at radius 3 is 2.57 bits per heavy atom. The summed E-state index contributed by atoms with van der Waals surface area (Å²) in [7, 11) is 1.52. The van der Waals surface area contributed by atoms with E-state index < -0.39 is 10.8 Å². The van der Waals surface area contributed by atoms with Gasteiger partial charge in [0.05, 0.1) is 11.5 Å². The summed E-state index contributed by atoms with van der Waals surface area (Å²) in [5.74, 6) is -1.28. The van der Waals surface area contributed by atoms with Crippen molar-refractivity contribution in [2.45, 2.75) is 13.8 Å². The van der Waals surface area contributed by atoms with Crippen LogP contribution in [0.2, 0.25) is 0 Å². The van der Waals surface area contributed by atoms with E-state index in [4.69, 9.17) is 4.74 Å². The number of nitro benzene ring substituents is 1. The van der Waals surface area contributed by atoms with Gasteiger partial charge >= 0.3 is 0 Å². The molecule has 3 N–H and O–H groups in total. The molecule has 1 aromatic carbocycles. The Morgan fingerprint density at radius 1 is 1.30 bits per heavy atom. The smallest absolute Gasteiger partial charge is 0.293 e. The Morgan fingerprint density at radius 2 is 2.00 bits per heavy atom. The molecule has 9 nitrogen and oxygen atoms in total. The predicted octanol–water partition coefficient (Wildman–Crippen LogP) is 1.07. The SMILES string of the molecule is COCCNc1ccc(C(=O)NNC(=O)C(C)C)cc1[N+](=O)[O-]. The molecule has 2 amide bonds. The van der Waals surface area contributed by atoms with Crippen LogP contribution in [0.4, 0.5) is 11.4 Å². The van der Waals surface area contributed by atoms with E-state index in [1.54, 1.807) is 13.8 Å². The molecule has 23 heavy (non-hydrogen) atoms. The van der Waals surface area contributed by atoms with E-state index in [1.165, 1.54) is 19.2 Å². The van der Waals surface area contributed by atoms with Gasteiger partial charge in [0.2, 0.25) is 5.91 Å². The number of rotatable bonds is 7. The van der Waals surface area contributed by atoms with Crippen molar-refractivity contribution >= 4 is 23.2 Å². The number of nitro groups is 1. The van der Waals surface area contributed by atoms with E-state index in [1.807, 2.05) is 0 Å². The number of ether oxygens (including phenoxy) is 1. The molecule has 0 bridgehead atoms. The minimum atomic E-state index is -0.634. The monoisotopic (exact) mass is 324 g/mol. The van der Waals surface area contributed by atoms with Crippen LogP contribution >= 0.6 is 0 Å². The van der Waals surface area contributed by atoms with Crippen molar-refractivity contribution in [1.29, 1.82) is 0 Å². The maximum atomic E-state index is 11.9. The second kappa shape index (κ2) is 8.69. The highest BCUT2D eigenvalue weighted by Gasteiger charge is 2.18. The maximum Gasteiger partial charge on any atom is 0.293 e. The van der Waals surface area contributed by atoms with Gasteiger partial charge in [-0.3, -0.25) is 30.6 Å². The fourth-order valence-corrected chi connectivity index (χ4v) is 1.60. The van der Waals surface area contributed by atoms with Crippen LogP contribution in [0.25, 0.3) is 0 Å². The molecule has 1 rings (SSSR count). The van der Waals surface area contributed by atoms with Crippen LogP contribution in [0, 0.1) is 16.0 Å². The average Bonchev–Trinajstić information content (AvgIpc) is 2.52. The number of benzene rings is 1. The average molecular weight is 324 g/mol. The third-order valence-electron chi connectivity index (χ3n) is 2.90. The summed E-state index contributed by atoms with van der Waals surface area (Å²) in [6.07, 6.45) is 0. The summed E-state index contributed by atoms with van der Waals surface area (Å²) in [5, 5.41) is 14.0. The molecular formula is C14H20N4O5. The van der Waals surface area contributed by atoms with Crippen molar-refractivity contribution in [3.63, 3.8) is 0 Å². The third kappa shape index (κ3) is 5.55. The van der Waals surface area contributed by atoms with Gasteiger partial charge in [-0.15, -0.1) is 0 Å². The molecule has 1 aromatic rings. The first-order valence-corrected chi connectivity index (χ1v) is 6.98. The lowest BCUT2D eigenvalue weighted by atomic mass is 10.1. The predicted molar refractivity (Wildman–Crippen MR) is 83.9 cm³/mol. The van der Waals surface area contributed by atoms with E-state index in [-0.39, 0.29) is 28.8 Å². The van der Waals surface area contributed by atoms with Crippen LogP contribution in [-0.4, -0.2) is 37.0 Å². The van der Waals surface area contributed by atoms with Crippen molar-refractivity contribution in [2.75, 3.05) is 25.6 Å². The van der Waals surface area contributed by atoms with Crippen LogP contribution in [0.3, 0.4) is 0 Å². The summed E-state index contributed by atoms with van der Waals surface area (Å²) >= 11 is 0. The van der Waals surface area contributed by atoms with Gasteiger partial charge in [0.1, 0.15) is 5.69 Å². The number of amides is 2. The molecule has 0 fully saturated rings. The first-order valence-electron chi connectivity index (χ1n) is 6.98. The van der Waals surface area contributed by atoms with Gasteiger partial charge < -0.3 is 10.1 Å². The summed E-state index contributed by atoms with van der Waals surface area (Å²) in [6, 6.07) is 4.01. The number of hydrogen-bond acceptors (Lipinski definition) is 6. The number of carbonyl (C=O) groups is 2. The molecule has 0 spiro atoms. The maximum absolute atomic E-state index is 11.9. The van der Waals surface area contributed by atoms with E-state index in [0.29, 0.717) is 13.2 Å². The van der Waals surface area contributed by atoms with Gasteiger partial charge in [-0.1, -0.05) is 13.8 Å². The molecular weight excluding hydrogens is 304 g/mol. The van der Waals surface area contributed by atoms with E-state index >= 15 is 0 Å². The Labute approximate surface area is 133 Å². The Bertz CT molecular complexity index is 589. The molecule has 9 heteroatoms. The van der Waals surface area contributed by atoms with Crippen molar-refractivity contribution in [3.05, 3.63) is 33.9 Å². The fourth-order valence-electron chi connectivity index (χ4n) is 1.60. The molecule has 0 saturated heterocycles. The molecule has 126 valence electrons. The quantitative estimate of drug-likeness (QED) is 0.392. The molecule has 0 aromatic heterocycles. The van der Waals surface area contributed by atoms with E-state index in [9.17, 15) is 19.7 Å². The Kier molecular flexibility index (Phi) is 6.94. The summed E-state index contributed by atoms with van der Waals surface area (Å²) < 4.78 is 4.86. The number of hydrogen-bond donors (Lipinski definition) is 3. The number of nitrogens with zero attached hydrogens (tertiary/aromatic N) is 1. The summed E-state index contributed by atoms with van der Waals surface area (Å²) in [4.78, 5) is 33.9. The minimum Gasteiger partial charge on any atom is -0.383 e. The Hall–Kier alpha value is -2.68. The number of carbonyl (C=O) groups excluding carboxylic acids is 2. The number of anilines is 1. The Balaban J connectivity index is 2.84. The minimum absolute atomic E-state index is 0.0676. The lowest BCUT2D eigenvalue weighted by Crippen LogP contribution is -2.43. The van der Waals surface area contributed by atoms with Gasteiger partial charge in [-0.25, -0.2) is 0 Å². The molecule has 0 aliphatic carbocycles. The third-order valence-corrected chi connectivity index (χ3v) is 2.90. The zero-order valence-corrected chi connectivity index (χ0v) is 13.2. The highest BCUT2D eigenvalue weighted by Crippen LogP contribution is 2.25. The molecule has 0 saturated carbocycles. The molecule has 0 aliphatic heterocycles. The van der Waals surface area contributed by atoms with Crippen LogP contribution < -0.4 is 16.2 Å². The normalized spacial score (nSPS) is 10.3. The van der Waals surface area contributed by atoms with E-state index in [2.05, 4.69) is 16.2 Å². The van der Waals surface area contributed by atoms with Crippen LogP contribution in [0.5, 0.6) is 0 Å². The first-order chi connectivity index (χ1) is 10.9. The van der Waals surface area contributed by atoms with Crippen molar-refractivity contribution in [1.82, 2.24) is 10.9 Å². The summed E-state index contributed by atoms with van der Waals surface area (Å²) in [5.41, 5.74) is 4.58. The molecule has 0 unspecified atom stereocenters. The van der Waals surface area contributed by atoms with Crippen molar-refractivity contribution in [2.24, 2.45) is 5.92 Å². The lowest BCUT2D eigenvalue weighted by molar-refractivity contribution is -0.384. The molecule has 0 radical (unpaired) electrons. The first kappa shape index (κ1) is 18.4. The highest BCUT2D eigenvalue weighted by atomic mass is 16.6. The van der Waals surface area contributed by atoms with Crippen LogP contribution in [0.1, 0.15) is 24.2 Å². The van der Waals surface area contributed by atoms with E-state index in [0.717, 1.165) is 6.07 Å². The zero-order chi connectivity index (χ0) is 17.4. The molecule has 0 atom stereocenters. The van der Waals surface area contributed by atoms with Gasteiger partial charge in [0, 0.05) is 31.2 Å². The second-order valence-corrected chi connectivity index (χ2v) is 5.01. The zero-order valence-electron chi connectivity index (χ0n) is 13.2. The highest BCUT2D eigenvalue weighted by molar-refractivity contribution is 5.96. The molecule has 0 aliphatic rings. The summed E-state index contributed by atoms with van der Waals surface area (Å²) in [6.45, 7) is 4.13.